The Morgan fingerprint density at radius 3 is 2.12 bits per heavy atom. The van der Waals surface area contributed by atoms with Gasteiger partial charge in [0.25, 0.3) is 0 Å². The highest BCUT2D eigenvalue weighted by molar-refractivity contribution is 5.52. The number of carbonyl (C=O) groups excluding carboxylic acids is 1. The Balaban J connectivity index is 0.000000281. The van der Waals surface area contributed by atoms with Crippen molar-refractivity contribution >= 4 is 6.29 Å². The van der Waals surface area contributed by atoms with E-state index in [0.717, 1.165) is 6.29 Å². The van der Waals surface area contributed by atoms with Gasteiger partial charge < -0.3 is 4.79 Å². The average Bonchev–Trinajstić information content (AvgIpc) is 2.25. The molecule has 0 aliphatic rings. The van der Waals surface area contributed by atoms with Crippen LogP contribution in [-0.2, 0) is 4.79 Å². The highest BCUT2D eigenvalue weighted by Gasteiger charge is 1.80. The topological polar surface area (TPSA) is 17.1 Å². The third-order valence-corrected chi connectivity index (χ3v) is 1.85. The third kappa shape index (κ3) is 8.95. The standard InChI is InChI=1S/C8H10.C7H10O/c1-7-4-3-5-8(2)6-7;1-2-3-4-5-6-7-8/h3-6H,1-2H3;2-5,7H,6H2,1H3/b;3-2-,5-4-. The predicted molar refractivity (Wildman–Crippen MR) is 70.6 cm³/mol. The molecule has 0 atom stereocenters. The third-order valence-electron chi connectivity index (χ3n) is 1.85. The zero-order valence-corrected chi connectivity index (χ0v) is 10.3. The largest absolute Gasteiger partial charge is 0.303 e. The van der Waals surface area contributed by atoms with Crippen LogP contribution in [0.1, 0.15) is 24.5 Å². The fourth-order valence-electron chi connectivity index (χ4n) is 1.13. The van der Waals surface area contributed by atoms with Crippen molar-refractivity contribution in [2.75, 3.05) is 0 Å². The summed E-state index contributed by atoms with van der Waals surface area (Å²) in [7, 11) is 0. The molecule has 0 heterocycles. The van der Waals surface area contributed by atoms with Gasteiger partial charge in [0.2, 0.25) is 0 Å². The number of benzene rings is 1. The molecule has 86 valence electrons. The second kappa shape index (κ2) is 9.91. The molecule has 0 aromatic heterocycles. The van der Waals surface area contributed by atoms with Crippen LogP contribution in [0.3, 0.4) is 0 Å². The molecule has 1 heteroatoms. The van der Waals surface area contributed by atoms with Crippen molar-refractivity contribution in [3.05, 3.63) is 59.7 Å². The molecule has 1 rings (SSSR count). The molecule has 0 bridgehead atoms. The maximum atomic E-state index is 9.69. The monoisotopic (exact) mass is 216 g/mol. The molecule has 0 N–H and O–H groups in total. The molecule has 0 radical (unpaired) electrons. The minimum atomic E-state index is 0.518. The molecular formula is C15H20O. The van der Waals surface area contributed by atoms with Gasteiger partial charge in [-0.25, -0.2) is 0 Å². The van der Waals surface area contributed by atoms with Gasteiger partial charge in [-0.2, -0.15) is 0 Å². The maximum Gasteiger partial charge on any atom is 0.123 e. The normalized spacial score (nSPS) is 10.2. The van der Waals surface area contributed by atoms with Gasteiger partial charge in [0, 0.05) is 6.42 Å². The van der Waals surface area contributed by atoms with Crippen molar-refractivity contribution < 1.29 is 4.79 Å². The Morgan fingerprint density at radius 2 is 1.75 bits per heavy atom. The molecule has 1 aromatic rings. The van der Waals surface area contributed by atoms with E-state index in [-0.39, 0.29) is 0 Å². The van der Waals surface area contributed by atoms with Gasteiger partial charge >= 0.3 is 0 Å². The number of hydrogen-bond acceptors (Lipinski definition) is 1. The Kier molecular flexibility index (Phi) is 8.90. The number of hydrogen-bond donors (Lipinski definition) is 0. The van der Waals surface area contributed by atoms with Crippen molar-refractivity contribution in [2.24, 2.45) is 0 Å². The smallest absolute Gasteiger partial charge is 0.123 e. The van der Waals surface area contributed by atoms with Crippen molar-refractivity contribution in [3.8, 4) is 0 Å². The van der Waals surface area contributed by atoms with Crippen LogP contribution >= 0.6 is 0 Å². The first-order valence-corrected chi connectivity index (χ1v) is 5.45. The van der Waals surface area contributed by atoms with Crippen molar-refractivity contribution in [1.29, 1.82) is 0 Å². The summed E-state index contributed by atoms with van der Waals surface area (Å²) in [6, 6.07) is 8.45. The summed E-state index contributed by atoms with van der Waals surface area (Å²) in [6.07, 6.45) is 8.87. The molecule has 0 spiro atoms. The predicted octanol–water partition coefficient (Wildman–Crippen LogP) is 4.01. The lowest BCUT2D eigenvalue weighted by Crippen LogP contribution is -1.71. The second-order valence-corrected chi connectivity index (χ2v) is 3.51. The molecule has 0 unspecified atom stereocenters. The summed E-state index contributed by atoms with van der Waals surface area (Å²) in [4.78, 5) is 9.69. The molecule has 0 aliphatic carbocycles. The van der Waals surface area contributed by atoms with E-state index in [1.165, 1.54) is 11.1 Å². The lowest BCUT2D eigenvalue weighted by molar-refractivity contribution is -0.107. The molecule has 16 heavy (non-hydrogen) atoms. The van der Waals surface area contributed by atoms with Gasteiger partial charge in [0.1, 0.15) is 6.29 Å². The highest BCUT2D eigenvalue weighted by Crippen LogP contribution is 2.00. The van der Waals surface area contributed by atoms with Crippen molar-refractivity contribution in [1.82, 2.24) is 0 Å². The van der Waals surface area contributed by atoms with E-state index in [1.807, 2.05) is 31.2 Å². The zero-order valence-electron chi connectivity index (χ0n) is 10.3. The molecule has 0 amide bonds. The van der Waals surface area contributed by atoms with Gasteiger partial charge in [-0.05, 0) is 20.8 Å². The SMILES string of the molecule is C/C=C\C=C/CC=O.Cc1cccc(C)c1. The first-order valence-electron chi connectivity index (χ1n) is 5.45. The number of rotatable bonds is 3. The van der Waals surface area contributed by atoms with Gasteiger partial charge in [-0.15, -0.1) is 0 Å². The average molecular weight is 216 g/mol. The molecule has 0 saturated carbocycles. The molecule has 0 aliphatic heterocycles. The number of aldehydes is 1. The van der Waals surface area contributed by atoms with Crippen molar-refractivity contribution in [3.63, 3.8) is 0 Å². The van der Waals surface area contributed by atoms with Gasteiger partial charge in [0.05, 0.1) is 0 Å². The molecule has 0 saturated heterocycles. The Labute approximate surface area is 98.5 Å². The fourth-order valence-corrected chi connectivity index (χ4v) is 1.13. The lowest BCUT2D eigenvalue weighted by atomic mass is 10.2. The minimum Gasteiger partial charge on any atom is -0.303 e. The van der Waals surface area contributed by atoms with Crippen LogP contribution in [0, 0.1) is 13.8 Å². The van der Waals surface area contributed by atoms with Crippen LogP contribution in [0.25, 0.3) is 0 Å². The Bertz CT molecular complexity index is 331. The summed E-state index contributed by atoms with van der Waals surface area (Å²) in [5, 5.41) is 0. The van der Waals surface area contributed by atoms with E-state index in [9.17, 15) is 4.79 Å². The lowest BCUT2D eigenvalue weighted by Gasteiger charge is -1.90. The van der Waals surface area contributed by atoms with Crippen LogP contribution < -0.4 is 0 Å². The van der Waals surface area contributed by atoms with Crippen LogP contribution in [0.4, 0.5) is 0 Å². The first kappa shape index (κ1) is 14.4. The fraction of sp³-hybridized carbons (Fsp3) is 0.267. The maximum absolute atomic E-state index is 9.69. The van der Waals surface area contributed by atoms with E-state index in [4.69, 9.17) is 0 Å². The summed E-state index contributed by atoms with van der Waals surface area (Å²) in [5.41, 5.74) is 2.68. The van der Waals surface area contributed by atoms with E-state index < -0.39 is 0 Å². The van der Waals surface area contributed by atoms with E-state index in [0.29, 0.717) is 6.42 Å². The molecular weight excluding hydrogens is 196 g/mol. The van der Waals surface area contributed by atoms with Crippen molar-refractivity contribution in [2.45, 2.75) is 27.2 Å². The summed E-state index contributed by atoms with van der Waals surface area (Å²) in [5.74, 6) is 0. The van der Waals surface area contributed by atoms with Crippen LogP contribution in [0.2, 0.25) is 0 Å². The first-order chi connectivity index (χ1) is 7.70. The summed E-state index contributed by atoms with van der Waals surface area (Å²) >= 11 is 0. The van der Waals surface area contributed by atoms with Crippen LogP contribution in [-0.4, -0.2) is 6.29 Å². The molecule has 0 fully saturated rings. The number of aryl methyl sites for hydroxylation is 2. The van der Waals surface area contributed by atoms with Crippen LogP contribution in [0.15, 0.2) is 48.6 Å². The molecule has 1 aromatic carbocycles. The minimum absolute atomic E-state index is 0.518. The zero-order chi connectivity index (χ0) is 12.2. The van der Waals surface area contributed by atoms with Gasteiger partial charge in [-0.1, -0.05) is 59.7 Å². The Hall–Kier alpha value is -1.63. The quantitative estimate of drug-likeness (QED) is 0.551. The van der Waals surface area contributed by atoms with Crippen LogP contribution in [0.5, 0.6) is 0 Å². The van der Waals surface area contributed by atoms with Gasteiger partial charge in [-0.3, -0.25) is 0 Å². The highest BCUT2D eigenvalue weighted by atomic mass is 16.1. The Morgan fingerprint density at radius 1 is 1.12 bits per heavy atom. The number of carbonyl (C=O) groups is 1. The van der Waals surface area contributed by atoms with E-state index in [2.05, 4.69) is 38.1 Å². The van der Waals surface area contributed by atoms with E-state index >= 15 is 0 Å². The van der Waals surface area contributed by atoms with Gasteiger partial charge in [0.15, 0.2) is 0 Å². The number of allylic oxidation sites excluding steroid dienone is 4. The second-order valence-electron chi connectivity index (χ2n) is 3.51. The summed E-state index contributed by atoms with van der Waals surface area (Å²) < 4.78 is 0. The summed E-state index contributed by atoms with van der Waals surface area (Å²) in [6.45, 7) is 6.14. The van der Waals surface area contributed by atoms with E-state index in [1.54, 1.807) is 0 Å². The molecule has 1 nitrogen and oxygen atoms in total.